The molecule has 1 unspecified atom stereocenters. The fourth-order valence-corrected chi connectivity index (χ4v) is 2.26. The number of rotatable bonds is 3. The van der Waals surface area contributed by atoms with Crippen LogP contribution in [-0.4, -0.2) is 28.0 Å². The quantitative estimate of drug-likeness (QED) is 0.918. The molecule has 1 aliphatic heterocycles. The second-order valence-electron chi connectivity index (χ2n) is 4.75. The zero-order chi connectivity index (χ0) is 13.1. The second kappa shape index (κ2) is 5.40. The lowest BCUT2D eigenvalue weighted by atomic mass is 10.1. The molecule has 1 N–H and O–H groups in total. The molecule has 1 aromatic carbocycles. The Balaban J connectivity index is 1.72. The molecule has 19 heavy (non-hydrogen) atoms. The minimum absolute atomic E-state index is 0.186. The molecule has 1 saturated heterocycles. The maximum absolute atomic E-state index is 9.44. The van der Waals surface area contributed by atoms with E-state index in [1.54, 1.807) is 18.2 Å². The average molecular weight is 260 g/mol. The van der Waals surface area contributed by atoms with E-state index in [1.807, 2.05) is 6.07 Å². The van der Waals surface area contributed by atoms with E-state index in [4.69, 9.17) is 9.26 Å². The monoisotopic (exact) mass is 260 g/mol. The van der Waals surface area contributed by atoms with Gasteiger partial charge in [0.25, 0.3) is 0 Å². The van der Waals surface area contributed by atoms with E-state index < -0.39 is 0 Å². The van der Waals surface area contributed by atoms with Gasteiger partial charge in [-0.1, -0.05) is 17.3 Å². The van der Waals surface area contributed by atoms with Crippen LogP contribution in [0.5, 0.6) is 5.75 Å². The number of hydrogen-bond acceptors (Lipinski definition) is 5. The smallest absolute Gasteiger partial charge is 0.229 e. The van der Waals surface area contributed by atoms with E-state index in [-0.39, 0.29) is 11.9 Å². The van der Waals surface area contributed by atoms with E-state index in [1.165, 1.54) is 6.42 Å². The van der Waals surface area contributed by atoms with E-state index in [0.717, 1.165) is 25.0 Å². The normalized spacial score (nSPS) is 19.5. The third-order valence-corrected chi connectivity index (χ3v) is 3.25. The Hall–Kier alpha value is -1.88. The van der Waals surface area contributed by atoms with Crippen molar-refractivity contribution >= 4 is 0 Å². The molecule has 100 valence electrons. The molecular formula is C14H16N2O3. The molecule has 5 nitrogen and oxygen atoms in total. The predicted molar refractivity (Wildman–Crippen MR) is 68.7 cm³/mol. The molecule has 2 aromatic rings. The average Bonchev–Trinajstić information content (AvgIpc) is 2.88. The summed E-state index contributed by atoms with van der Waals surface area (Å²) in [5.41, 5.74) is 0.750. The topological polar surface area (TPSA) is 68.4 Å². The van der Waals surface area contributed by atoms with Crippen molar-refractivity contribution < 1.29 is 14.4 Å². The number of benzene rings is 1. The van der Waals surface area contributed by atoms with Gasteiger partial charge in [0, 0.05) is 12.2 Å². The maximum Gasteiger partial charge on any atom is 0.229 e. The molecule has 1 fully saturated rings. The van der Waals surface area contributed by atoms with Crippen LogP contribution in [0, 0.1) is 0 Å². The Morgan fingerprint density at radius 1 is 1.32 bits per heavy atom. The number of aromatic hydroxyl groups is 1. The molecule has 2 heterocycles. The van der Waals surface area contributed by atoms with Gasteiger partial charge in [0.15, 0.2) is 0 Å². The molecule has 3 rings (SSSR count). The number of phenols is 1. The van der Waals surface area contributed by atoms with E-state index in [9.17, 15) is 5.11 Å². The van der Waals surface area contributed by atoms with Crippen LogP contribution in [-0.2, 0) is 11.2 Å². The lowest BCUT2D eigenvalue weighted by Gasteiger charge is -2.20. The van der Waals surface area contributed by atoms with Gasteiger partial charge in [0.05, 0.1) is 12.5 Å². The number of nitrogens with zero attached hydrogens (tertiary/aromatic N) is 2. The number of phenolic OH excluding ortho intramolecular Hbond substituents is 1. The molecule has 0 bridgehead atoms. The van der Waals surface area contributed by atoms with Gasteiger partial charge in [0.2, 0.25) is 11.7 Å². The Bertz CT molecular complexity index is 547. The van der Waals surface area contributed by atoms with Crippen molar-refractivity contribution in [3.63, 3.8) is 0 Å². The summed E-state index contributed by atoms with van der Waals surface area (Å²) in [6.07, 6.45) is 4.22. The summed E-state index contributed by atoms with van der Waals surface area (Å²) in [5, 5.41) is 13.4. The Kier molecular flexibility index (Phi) is 3.46. The van der Waals surface area contributed by atoms with Crippen LogP contribution >= 0.6 is 0 Å². The summed E-state index contributed by atoms with van der Waals surface area (Å²) in [4.78, 5) is 4.35. The number of aromatic nitrogens is 2. The summed E-state index contributed by atoms with van der Waals surface area (Å²) in [6.45, 7) is 0.818. The van der Waals surface area contributed by atoms with Crippen molar-refractivity contribution in [2.45, 2.75) is 31.8 Å². The first-order valence-corrected chi connectivity index (χ1v) is 6.55. The summed E-state index contributed by atoms with van der Waals surface area (Å²) in [5.74, 6) is 1.28. The van der Waals surface area contributed by atoms with E-state index in [0.29, 0.717) is 18.1 Å². The Morgan fingerprint density at radius 3 is 3.05 bits per heavy atom. The molecule has 0 radical (unpaired) electrons. The number of ether oxygens (including phenoxy) is 1. The Morgan fingerprint density at radius 2 is 2.26 bits per heavy atom. The van der Waals surface area contributed by atoms with Gasteiger partial charge in [-0.25, -0.2) is 0 Å². The van der Waals surface area contributed by atoms with Crippen LogP contribution in [0.25, 0.3) is 11.4 Å². The van der Waals surface area contributed by atoms with Crippen molar-refractivity contribution in [2.24, 2.45) is 0 Å². The van der Waals surface area contributed by atoms with Crippen molar-refractivity contribution in [3.8, 4) is 17.1 Å². The fraction of sp³-hybridized carbons (Fsp3) is 0.429. The summed E-state index contributed by atoms with van der Waals surface area (Å²) in [6, 6.07) is 6.82. The lowest BCUT2D eigenvalue weighted by molar-refractivity contribution is 0.0124. The van der Waals surface area contributed by atoms with Crippen LogP contribution in [0.1, 0.15) is 25.2 Å². The summed E-state index contributed by atoms with van der Waals surface area (Å²) < 4.78 is 10.9. The molecule has 1 aromatic heterocycles. The minimum atomic E-state index is 0.186. The van der Waals surface area contributed by atoms with Crippen molar-refractivity contribution in [2.75, 3.05) is 6.61 Å². The molecule has 0 spiro atoms. The first kappa shape index (κ1) is 12.2. The van der Waals surface area contributed by atoms with Crippen molar-refractivity contribution in [1.29, 1.82) is 0 Å². The molecule has 0 saturated carbocycles. The zero-order valence-electron chi connectivity index (χ0n) is 10.6. The Labute approximate surface area is 111 Å². The predicted octanol–water partition coefficient (Wildman–Crippen LogP) is 2.55. The molecule has 5 heteroatoms. The highest BCUT2D eigenvalue weighted by atomic mass is 16.5. The molecule has 0 aliphatic carbocycles. The van der Waals surface area contributed by atoms with Crippen LogP contribution in [0.3, 0.4) is 0 Å². The van der Waals surface area contributed by atoms with Gasteiger partial charge < -0.3 is 14.4 Å². The molecule has 1 atom stereocenters. The van der Waals surface area contributed by atoms with Gasteiger partial charge in [-0.15, -0.1) is 0 Å². The second-order valence-corrected chi connectivity index (χ2v) is 4.75. The van der Waals surface area contributed by atoms with Crippen LogP contribution in [0.4, 0.5) is 0 Å². The van der Waals surface area contributed by atoms with Crippen LogP contribution in [0.15, 0.2) is 28.8 Å². The molecule has 0 amide bonds. The van der Waals surface area contributed by atoms with E-state index >= 15 is 0 Å². The summed E-state index contributed by atoms with van der Waals surface area (Å²) in [7, 11) is 0. The fourth-order valence-electron chi connectivity index (χ4n) is 2.26. The maximum atomic E-state index is 9.44. The first-order valence-electron chi connectivity index (χ1n) is 6.55. The van der Waals surface area contributed by atoms with Gasteiger partial charge in [-0.2, -0.15) is 4.98 Å². The minimum Gasteiger partial charge on any atom is -0.508 e. The summed E-state index contributed by atoms with van der Waals surface area (Å²) >= 11 is 0. The third kappa shape index (κ3) is 2.93. The zero-order valence-corrected chi connectivity index (χ0v) is 10.6. The van der Waals surface area contributed by atoms with Gasteiger partial charge in [-0.3, -0.25) is 0 Å². The van der Waals surface area contributed by atoms with Crippen molar-refractivity contribution in [1.82, 2.24) is 10.1 Å². The highest BCUT2D eigenvalue weighted by Crippen LogP contribution is 2.22. The van der Waals surface area contributed by atoms with Crippen molar-refractivity contribution in [3.05, 3.63) is 30.2 Å². The van der Waals surface area contributed by atoms with E-state index in [2.05, 4.69) is 10.1 Å². The van der Waals surface area contributed by atoms with Crippen LogP contribution < -0.4 is 0 Å². The first-order chi connectivity index (χ1) is 9.31. The van der Waals surface area contributed by atoms with Gasteiger partial charge in [0.1, 0.15) is 5.75 Å². The molecule has 1 aliphatic rings. The highest BCUT2D eigenvalue weighted by Gasteiger charge is 2.18. The molecular weight excluding hydrogens is 244 g/mol. The van der Waals surface area contributed by atoms with Crippen LogP contribution in [0.2, 0.25) is 0 Å². The highest BCUT2D eigenvalue weighted by molar-refractivity contribution is 5.56. The largest absolute Gasteiger partial charge is 0.508 e. The van der Waals surface area contributed by atoms with Gasteiger partial charge in [-0.05, 0) is 31.4 Å². The number of hydrogen-bond donors (Lipinski definition) is 1. The standard InChI is InChI=1S/C14H16N2O3/c17-11-5-3-4-10(8-11)14-15-13(19-16-14)9-12-6-1-2-7-18-12/h3-5,8,12,17H,1-2,6-7,9H2. The third-order valence-electron chi connectivity index (χ3n) is 3.25. The van der Waals surface area contributed by atoms with Gasteiger partial charge >= 0.3 is 0 Å². The lowest BCUT2D eigenvalue weighted by Crippen LogP contribution is -2.21. The SMILES string of the molecule is Oc1cccc(-c2noc(CC3CCCCO3)n2)c1.